The van der Waals surface area contributed by atoms with Crippen molar-refractivity contribution in [2.75, 3.05) is 0 Å². The van der Waals surface area contributed by atoms with Crippen molar-refractivity contribution in [1.82, 2.24) is 15.2 Å². The van der Waals surface area contributed by atoms with Crippen molar-refractivity contribution in [3.8, 4) is 32.0 Å². The molecular weight excluding hydrogens is 653 g/mol. The second-order valence-corrected chi connectivity index (χ2v) is 15.8. The van der Waals surface area contributed by atoms with Crippen LogP contribution in [0.1, 0.15) is 61.0 Å². The van der Waals surface area contributed by atoms with E-state index >= 15 is 0 Å². The first-order chi connectivity index (χ1) is 25.8. The van der Waals surface area contributed by atoms with E-state index in [2.05, 4.69) is 143 Å². The van der Waals surface area contributed by atoms with Gasteiger partial charge in [0.25, 0.3) is 0 Å². The lowest BCUT2D eigenvalue weighted by atomic mass is 9.87. The van der Waals surface area contributed by atoms with Gasteiger partial charge in [-0.3, -0.25) is 9.88 Å². The molecule has 4 aromatic rings. The molecule has 10 rings (SSSR count). The van der Waals surface area contributed by atoms with Crippen LogP contribution in [0.25, 0.3) is 38.1 Å². The maximum absolute atomic E-state index is 5.59. The van der Waals surface area contributed by atoms with Crippen molar-refractivity contribution < 1.29 is 0 Å². The molecule has 4 nitrogen and oxygen atoms in total. The summed E-state index contributed by atoms with van der Waals surface area (Å²) < 4.78 is 2.56. The lowest BCUT2D eigenvalue weighted by Crippen LogP contribution is -2.59. The monoisotopic (exact) mass is 696 g/mol. The van der Waals surface area contributed by atoms with E-state index in [1.54, 1.807) is 0 Å². The van der Waals surface area contributed by atoms with Gasteiger partial charge in [-0.05, 0) is 91.2 Å². The highest BCUT2D eigenvalue weighted by atomic mass is 32.1. The minimum absolute atomic E-state index is 0.0719. The summed E-state index contributed by atoms with van der Waals surface area (Å²) in [4.78, 5) is 8.39. The van der Waals surface area contributed by atoms with Crippen LogP contribution in [0.15, 0.2) is 143 Å². The highest BCUT2D eigenvalue weighted by Crippen LogP contribution is 2.53. The lowest BCUT2D eigenvalue weighted by Gasteiger charge is -2.38. The fourth-order valence-corrected chi connectivity index (χ4v) is 10.5. The van der Waals surface area contributed by atoms with Gasteiger partial charge in [-0.1, -0.05) is 127 Å². The third-order valence-electron chi connectivity index (χ3n) is 11.6. The third kappa shape index (κ3) is 5.58. The molecule has 1 aliphatic heterocycles. The summed E-state index contributed by atoms with van der Waals surface area (Å²) >= 11 is 1.98. The van der Waals surface area contributed by atoms with Crippen molar-refractivity contribution in [2.24, 2.45) is 10.9 Å². The maximum atomic E-state index is 5.59. The van der Waals surface area contributed by atoms with Crippen LogP contribution in [-0.2, 0) is 19.3 Å². The minimum Gasteiger partial charge on any atom is -0.340 e. The van der Waals surface area contributed by atoms with E-state index in [1.165, 1.54) is 71.2 Å². The number of aliphatic imine (C=N–C) groups is 1. The fraction of sp³-hybridized carbons (Fsp3) is 0.255. The van der Waals surface area contributed by atoms with E-state index in [9.17, 15) is 0 Å². The van der Waals surface area contributed by atoms with Crippen LogP contribution in [0.4, 0.5) is 0 Å². The Kier molecular flexibility index (Phi) is 8.26. The molecule has 3 atom stereocenters. The molecule has 0 spiro atoms. The Morgan fingerprint density at radius 2 is 1.56 bits per heavy atom. The van der Waals surface area contributed by atoms with Crippen molar-refractivity contribution in [3.63, 3.8) is 0 Å². The summed E-state index contributed by atoms with van der Waals surface area (Å²) in [7, 11) is 0. The number of nitrogens with zero attached hydrogens (tertiary/aromatic N) is 2. The van der Waals surface area contributed by atoms with E-state index in [-0.39, 0.29) is 12.3 Å². The molecule has 0 fully saturated rings. The van der Waals surface area contributed by atoms with E-state index in [1.807, 2.05) is 11.3 Å². The van der Waals surface area contributed by atoms with Gasteiger partial charge in [-0.2, -0.15) is 0 Å². The SMILES string of the molecule is C1=CCC(C2NC(n3c4c(c5c3CCc3c-5sc(-c5ccccc5)c3-c3ccccc3)C=CCC4)=NC(C3=CC=C(C4=CCCC=C4)CC3)N2)C=C1. The number of aromatic nitrogens is 1. The zero-order chi connectivity index (χ0) is 34.4. The lowest BCUT2D eigenvalue weighted by molar-refractivity contribution is 0.334. The zero-order valence-corrected chi connectivity index (χ0v) is 30.3. The molecular formula is C47H44N4S. The molecule has 2 N–H and O–H groups in total. The smallest absolute Gasteiger partial charge is 0.205 e. The van der Waals surface area contributed by atoms with Gasteiger partial charge in [0.1, 0.15) is 6.17 Å². The Labute approximate surface area is 311 Å². The number of hydrogen-bond donors (Lipinski definition) is 2. The van der Waals surface area contributed by atoms with Crippen LogP contribution in [-0.4, -0.2) is 22.9 Å². The van der Waals surface area contributed by atoms with Gasteiger partial charge >= 0.3 is 0 Å². The summed E-state index contributed by atoms with van der Waals surface area (Å²) in [5, 5.41) is 7.95. The normalized spacial score (nSPS) is 23.1. The van der Waals surface area contributed by atoms with Gasteiger partial charge in [-0.15, -0.1) is 11.3 Å². The van der Waals surface area contributed by atoms with Gasteiger partial charge in [0.2, 0.25) is 5.96 Å². The minimum atomic E-state index is -0.0719. The molecule has 5 aliphatic carbocycles. The molecule has 3 unspecified atom stereocenters. The van der Waals surface area contributed by atoms with Crippen LogP contribution in [0, 0.1) is 5.92 Å². The summed E-state index contributed by atoms with van der Waals surface area (Å²) in [5.74, 6) is 1.35. The standard InChI is InChI=1S/C47H44N4S/c1-5-15-31(16-6-1)32-25-27-36(28-26-32)46-48-45(35-21-11-4-12-22-35)49-47(50-46)51-39-24-14-13-23-37(39)42-40(51)30-29-38-41(33-17-7-2-8-18-33)43(52-44(38)42)34-19-9-3-10-20-34/h2-5,7-13,15-21,23,25,27,35,45-46,48H,1,6,14,22,24,26,28-30H2,(H,49,50). The Bertz CT molecular complexity index is 2280. The van der Waals surface area contributed by atoms with Crippen molar-refractivity contribution in [3.05, 3.63) is 161 Å². The van der Waals surface area contributed by atoms with Crippen LogP contribution in [0.5, 0.6) is 0 Å². The summed E-state index contributed by atoms with van der Waals surface area (Å²) in [5.41, 5.74) is 15.3. The maximum Gasteiger partial charge on any atom is 0.205 e. The van der Waals surface area contributed by atoms with E-state index in [4.69, 9.17) is 4.99 Å². The van der Waals surface area contributed by atoms with E-state index in [0.29, 0.717) is 5.92 Å². The van der Waals surface area contributed by atoms with Crippen molar-refractivity contribution in [2.45, 2.75) is 70.1 Å². The van der Waals surface area contributed by atoms with Crippen LogP contribution in [0.3, 0.4) is 0 Å². The first-order valence-electron chi connectivity index (χ1n) is 19.2. The molecule has 258 valence electrons. The molecule has 3 heterocycles. The first kappa shape index (κ1) is 31.7. The average molecular weight is 697 g/mol. The second kappa shape index (κ2) is 13.5. The van der Waals surface area contributed by atoms with Crippen LogP contribution in [0.2, 0.25) is 0 Å². The highest BCUT2D eigenvalue weighted by Gasteiger charge is 2.37. The van der Waals surface area contributed by atoms with E-state index in [0.717, 1.165) is 63.7 Å². The predicted molar refractivity (Wildman–Crippen MR) is 218 cm³/mol. The summed E-state index contributed by atoms with van der Waals surface area (Å²) in [6.07, 6.45) is 35.0. The number of hydrogen-bond acceptors (Lipinski definition) is 4. The number of allylic oxidation sites excluding steroid dienone is 11. The largest absolute Gasteiger partial charge is 0.340 e. The Hall–Kier alpha value is -4.97. The van der Waals surface area contributed by atoms with Crippen molar-refractivity contribution in [1.29, 1.82) is 0 Å². The molecule has 0 radical (unpaired) electrons. The van der Waals surface area contributed by atoms with Gasteiger partial charge in [0.05, 0.1) is 6.17 Å². The molecule has 5 heteroatoms. The number of fused-ring (bicyclic) bond motifs is 5. The molecule has 6 aliphatic rings. The van der Waals surface area contributed by atoms with Gasteiger partial charge in [0.15, 0.2) is 0 Å². The zero-order valence-electron chi connectivity index (χ0n) is 29.5. The third-order valence-corrected chi connectivity index (χ3v) is 12.9. The van der Waals surface area contributed by atoms with E-state index < -0.39 is 0 Å². The summed E-state index contributed by atoms with van der Waals surface area (Å²) in [6.45, 7) is 0. The highest BCUT2D eigenvalue weighted by molar-refractivity contribution is 7.19. The molecule has 52 heavy (non-hydrogen) atoms. The molecule has 0 bridgehead atoms. The Balaban J connectivity index is 1.11. The Morgan fingerprint density at radius 1 is 0.712 bits per heavy atom. The second-order valence-electron chi connectivity index (χ2n) is 14.7. The van der Waals surface area contributed by atoms with Crippen molar-refractivity contribution >= 4 is 23.4 Å². The average Bonchev–Trinajstić information content (AvgIpc) is 3.79. The molecule has 2 aromatic heterocycles. The first-order valence-corrected chi connectivity index (χ1v) is 20.0. The number of nitrogens with one attached hydrogen (secondary N) is 2. The Morgan fingerprint density at radius 3 is 2.33 bits per heavy atom. The van der Waals surface area contributed by atoms with Gasteiger partial charge in [-0.25, -0.2) is 4.99 Å². The number of benzene rings is 2. The molecule has 0 saturated carbocycles. The van der Waals surface area contributed by atoms with Crippen LogP contribution >= 0.6 is 11.3 Å². The van der Waals surface area contributed by atoms with Gasteiger partial charge < -0.3 is 5.32 Å². The number of thiophene rings is 1. The fourth-order valence-electron chi connectivity index (χ4n) is 9.05. The quantitative estimate of drug-likeness (QED) is 0.218. The topological polar surface area (TPSA) is 41.4 Å². The molecule has 2 aromatic carbocycles. The molecule has 0 saturated heterocycles. The summed E-state index contributed by atoms with van der Waals surface area (Å²) in [6, 6.07) is 22.1. The van der Waals surface area contributed by atoms with Gasteiger partial charge in [0, 0.05) is 43.8 Å². The molecule has 0 amide bonds. The van der Waals surface area contributed by atoms with Crippen LogP contribution < -0.4 is 10.6 Å². The number of rotatable bonds is 5. The predicted octanol–water partition coefficient (Wildman–Crippen LogP) is 10.7.